The van der Waals surface area contributed by atoms with Gasteiger partial charge in [0.05, 0.1) is 17.9 Å². The third-order valence-corrected chi connectivity index (χ3v) is 3.29. The Hall–Kier alpha value is -1.17. The number of aryl methyl sites for hydroxylation is 2. The van der Waals surface area contributed by atoms with E-state index >= 15 is 0 Å². The Morgan fingerprint density at radius 2 is 2.22 bits per heavy atom. The van der Waals surface area contributed by atoms with Crippen molar-refractivity contribution in [1.82, 2.24) is 20.4 Å². The average molecular weight is 270 g/mol. The van der Waals surface area contributed by atoms with E-state index < -0.39 is 0 Å². The van der Waals surface area contributed by atoms with E-state index in [-0.39, 0.29) is 6.03 Å². The summed E-state index contributed by atoms with van der Waals surface area (Å²) in [4.78, 5) is 11.5. The summed E-state index contributed by atoms with van der Waals surface area (Å²) < 4.78 is 1.79. The van der Waals surface area contributed by atoms with Crippen molar-refractivity contribution in [3.05, 3.63) is 17.5 Å². The first-order chi connectivity index (χ1) is 8.63. The zero-order valence-corrected chi connectivity index (χ0v) is 12.1. The predicted molar refractivity (Wildman–Crippen MR) is 75.8 cm³/mol. The maximum atomic E-state index is 11.5. The molecule has 0 atom stereocenters. The zero-order valence-electron chi connectivity index (χ0n) is 11.3. The third-order valence-electron chi connectivity index (χ3n) is 2.59. The molecule has 0 bridgehead atoms. The van der Waals surface area contributed by atoms with Crippen molar-refractivity contribution >= 4 is 17.8 Å². The molecule has 0 radical (unpaired) electrons. The summed E-state index contributed by atoms with van der Waals surface area (Å²) in [6.45, 7) is 3.18. The molecule has 0 saturated heterocycles. The number of nitrogens with one attached hydrogen (secondary N) is 2. The Kier molecular flexibility index (Phi) is 6.64. The second kappa shape index (κ2) is 8.02. The fourth-order valence-electron chi connectivity index (χ4n) is 1.64. The van der Waals surface area contributed by atoms with E-state index in [1.807, 2.05) is 31.8 Å². The van der Waals surface area contributed by atoms with Crippen LogP contribution in [-0.4, -0.2) is 34.4 Å². The van der Waals surface area contributed by atoms with E-state index in [2.05, 4.69) is 22.0 Å². The standard InChI is InChI=1S/C12H22N4OS/c1-10-8-11(16(2)15-10)9-14-12(17)13-6-4-5-7-18-3/h8H,4-7,9H2,1-3H3,(H2,13,14,17). The Labute approximate surface area is 113 Å². The van der Waals surface area contributed by atoms with E-state index in [0.717, 1.165) is 36.5 Å². The highest BCUT2D eigenvalue weighted by atomic mass is 32.2. The van der Waals surface area contributed by atoms with Gasteiger partial charge in [-0.3, -0.25) is 4.68 Å². The van der Waals surface area contributed by atoms with Gasteiger partial charge in [0.1, 0.15) is 0 Å². The number of thioether (sulfide) groups is 1. The molecule has 0 fully saturated rings. The highest BCUT2D eigenvalue weighted by molar-refractivity contribution is 7.98. The monoisotopic (exact) mass is 270 g/mol. The second-order valence-electron chi connectivity index (χ2n) is 4.21. The number of aromatic nitrogens is 2. The highest BCUT2D eigenvalue weighted by Crippen LogP contribution is 2.01. The number of urea groups is 1. The molecule has 102 valence electrons. The Bertz CT molecular complexity index is 378. The van der Waals surface area contributed by atoms with Crippen molar-refractivity contribution in [2.75, 3.05) is 18.6 Å². The number of amides is 2. The summed E-state index contributed by atoms with van der Waals surface area (Å²) in [6.07, 6.45) is 4.26. The molecular weight excluding hydrogens is 248 g/mol. The molecule has 2 N–H and O–H groups in total. The van der Waals surface area contributed by atoms with Gasteiger partial charge in [-0.2, -0.15) is 16.9 Å². The highest BCUT2D eigenvalue weighted by Gasteiger charge is 2.04. The van der Waals surface area contributed by atoms with Crippen LogP contribution in [0.25, 0.3) is 0 Å². The van der Waals surface area contributed by atoms with Gasteiger partial charge in [0, 0.05) is 13.6 Å². The van der Waals surface area contributed by atoms with Gasteiger partial charge in [0.2, 0.25) is 0 Å². The molecule has 0 aliphatic carbocycles. The summed E-state index contributed by atoms with van der Waals surface area (Å²) in [5, 5.41) is 9.90. The van der Waals surface area contributed by atoms with Gasteiger partial charge in [0.25, 0.3) is 0 Å². The predicted octanol–water partition coefficient (Wildman–Crippen LogP) is 1.67. The van der Waals surface area contributed by atoms with Crippen LogP contribution in [0.5, 0.6) is 0 Å². The first kappa shape index (κ1) is 14.9. The topological polar surface area (TPSA) is 59.0 Å². The molecule has 1 aromatic rings. The summed E-state index contributed by atoms with van der Waals surface area (Å²) in [5.41, 5.74) is 1.97. The fraction of sp³-hybridized carbons (Fsp3) is 0.667. The van der Waals surface area contributed by atoms with Gasteiger partial charge in [-0.25, -0.2) is 4.79 Å². The molecule has 0 aromatic carbocycles. The SMILES string of the molecule is CSCCCCNC(=O)NCc1cc(C)nn1C. The van der Waals surface area contributed by atoms with E-state index in [1.54, 1.807) is 4.68 Å². The van der Waals surface area contributed by atoms with Gasteiger partial charge in [-0.1, -0.05) is 0 Å². The summed E-state index contributed by atoms with van der Waals surface area (Å²) in [5.74, 6) is 1.15. The second-order valence-corrected chi connectivity index (χ2v) is 5.20. The Morgan fingerprint density at radius 1 is 1.44 bits per heavy atom. The van der Waals surface area contributed by atoms with Crippen LogP contribution < -0.4 is 10.6 Å². The minimum Gasteiger partial charge on any atom is -0.338 e. The molecular formula is C12H22N4OS. The molecule has 0 aliphatic heterocycles. The molecule has 1 rings (SSSR count). The molecule has 2 amide bonds. The number of nitrogens with zero attached hydrogens (tertiary/aromatic N) is 2. The van der Waals surface area contributed by atoms with Crippen LogP contribution in [0.4, 0.5) is 4.79 Å². The molecule has 0 unspecified atom stereocenters. The number of carbonyl (C=O) groups is 1. The fourth-order valence-corrected chi connectivity index (χ4v) is 2.13. The van der Waals surface area contributed by atoms with Crippen molar-refractivity contribution in [3.63, 3.8) is 0 Å². The number of unbranched alkanes of at least 4 members (excludes halogenated alkanes) is 1. The van der Waals surface area contributed by atoms with E-state index in [4.69, 9.17) is 0 Å². The maximum Gasteiger partial charge on any atom is 0.315 e. The van der Waals surface area contributed by atoms with Gasteiger partial charge < -0.3 is 10.6 Å². The lowest BCUT2D eigenvalue weighted by molar-refractivity contribution is 0.240. The average Bonchev–Trinajstić information content (AvgIpc) is 2.65. The van der Waals surface area contributed by atoms with Gasteiger partial charge >= 0.3 is 6.03 Å². The molecule has 6 heteroatoms. The van der Waals surface area contributed by atoms with Gasteiger partial charge in [-0.05, 0) is 37.8 Å². The Morgan fingerprint density at radius 3 is 2.83 bits per heavy atom. The lowest BCUT2D eigenvalue weighted by Gasteiger charge is -2.07. The van der Waals surface area contributed by atoms with Crippen molar-refractivity contribution in [3.8, 4) is 0 Å². The van der Waals surface area contributed by atoms with Crippen LogP contribution in [0.3, 0.4) is 0 Å². The number of carbonyl (C=O) groups excluding carboxylic acids is 1. The van der Waals surface area contributed by atoms with Crippen molar-refractivity contribution < 1.29 is 4.79 Å². The third kappa shape index (κ3) is 5.44. The van der Waals surface area contributed by atoms with Crippen LogP contribution in [0, 0.1) is 6.92 Å². The van der Waals surface area contributed by atoms with Crippen LogP contribution in [-0.2, 0) is 13.6 Å². The first-order valence-corrected chi connectivity index (χ1v) is 7.53. The molecule has 1 aromatic heterocycles. The van der Waals surface area contributed by atoms with Crippen molar-refractivity contribution in [2.24, 2.45) is 7.05 Å². The van der Waals surface area contributed by atoms with Crippen LogP contribution >= 0.6 is 11.8 Å². The molecule has 0 aliphatic rings. The minimum atomic E-state index is -0.113. The lowest BCUT2D eigenvalue weighted by atomic mass is 10.3. The molecule has 5 nitrogen and oxygen atoms in total. The van der Waals surface area contributed by atoms with Crippen molar-refractivity contribution in [2.45, 2.75) is 26.3 Å². The van der Waals surface area contributed by atoms with Crippen LogP contribution in [0.1, 0.15) is 24.2 Å². The largest absolute Gasteiger partial charge is 0.338 e. The van der Waals surface area contributed by atoms with Gasteiger partial charge in [0.15, 0.2) is 0 Å². The first-order valence-electron chi connectivity index (χ1n) is 6.13. The number of rotatable bonds is 7. The maximum absolute atomic E-state index is 11.5. The molecule has 18 heavy (non-hydrogen) atoms. The molecule has 0 spiro atoms. The van der Waals surface area contributed by atoms with E-state index in [0.29, 0.717) is 6.54 Å². The summed E-state index contributed by atoms with van der Waals surface area (Å²) >= 11 is 1.83. The normalized spacial score (nSPS) is 10.4. The smallest absolute Gasteiger partial charge is 0.315 e. The zero-order chi connectivity index (χ0) is 13.4. The number of hydrogen-bond donors (Lipinski definition) is 2. The van der Waals surface area contributed by atoms with E-state index in [1.165, 1.54) is 0 Å². The number of hydrogen-bond acceptors (Lipinski definition) is 3. The van der Waals surface area contributed by atoms with Crippen LogP contribution in [0.15, 0.2) is 6.07 Å². The van der Waals surface area contributed by atoms with Crippen LogP contribution in [0.2, 0.25) is 0 Å². The van der Waals surface area contributed by atoms with Gasteiger partial charge in [-0.15, -0.1) is 0 Å². The molecule has 1 heterocycles. The quantitative estimate of drug-likeness (QED) is 0.741. The van der Waals surface area contributed by atoms with Crippen molar-refractivity contribution in [1.29, 1.82) is 0 Å². The summed E-state index contributed by atoms with van der Waals surface area (Å²) in [6, 6.07) is 1.86. The lowest BCUT2D eigenvalue weighted by Crippen LogP contribution is -2.36. The molecule has 0 saturated carbocycles. The minimum absolute atomic E-state index is 0.113. The summed E-state index contributed by atoms with van der Waals surface area (Å²) in [7, 11) is 1.88. The van der Waals surface area contributed by atoms with E-state index in [9.17, 15) is 4.79 Å². The Balaban J connectivity index is 2.15.